The van der Waals surface area contributed by atoms with E-state index in [0.29, 0.717) is 6.42 Å². The molecule has 0 unspecified atom stereocenters. The van der Waals surface area contributed by atoms with E-state index in [0.717, 1.165) is 15.6 Å². The molecule has 0 fully saturated rings. The zero-order valence-electron chi connectivity index (χ0n) is 13.2. The number of methoxy groups -OCH3 is 1. The van der Waals surface area contributed by atoms with Crippen LogP contribution in [0, 0.1) is 5.82 Å². The third-order valence-electron chi connectivity index (χ3n) is 3.93. The Balaban J connectivity index is 2.30. The van der Waals surface area contributed by atoms with Gasteiger partial charge < -0.3 is 4.74 Å². The summed E-state index contributed by atoms with van der Waals surface area (Å²) in [6, 6.07) is 14.0. The molecule has 2 aromatic carbocycles. The Morgan fingerprint density at radius 3 is 2.38 bits per heavy atom. The van der Waals surface area contributed by atoms with Gasteiger partial charge in [-0.15, -0.1) is 0 Å². The van der Waals surface area contributed by atoms with Crippen molar-refractivity contribution in [1.82, 2.24) is 5.48 Å². The number of halogens is 2. The van der Waals surface area contributed by atoms with Crippen LogP contribution in [0.15, 0.2) is 53.0 Å². The van der Waals surface area contributed by atoms with Crippen LogP contribution in [0.25, 0.3) is 0 Å². The molecule has 0 saturated carbocycles. The van der Waals surface area contributed by atoms with Crippen molar-refractivity contribution in [2.45, 2.75) is 24.9 Å². The van der Waals surface area contributed by atoms with Crippen LogP contribution in [0.1, 0.15) is 23.5 Å². The van der Waals surface area contributed by atoms with Gasteiger partial charge in [0.1, 0.15) is 5.82 Å². The van der Waals surface area contributed by atoms with Gasteiger partial charge in [-0.05, 0) is 41.8 Å². The normalized spacial score (nSPS) is 13.3. The molecule has 0 spiro atoms. The van der Waals surface area contributed by atoms with Crippen LogP contribution in [-0.4, -0.2) is 24.3 Å². The maximum atomic E-state index is 13.1. The van der Waals surface area contributed by atoms with E-state index in [-0.39, 0.29) is 18.2 Å². The molecule has 4 nitrogen and oxygen atoms in total. The highest BCUT2D eigenvalue weighted by Gasteiger charge is 2.26. The lowest BCUT2D eigenvalue weighted by atomic mass is 9.86. The monoisotopic (exact) mass is 395 g/mol. The SMILES string of the molecule is CO[C@H](CC(=O)NO)[C@H](Cc1ccc(F)cc1)c1ccc(Br)cc1. The van der Waals surface area contributed by atoms with E-state index in [1.54, 1.807) is 17.6 Å². The summed E-state index contributed by atoms with van der Waals surface area (Å²) in [4.78, 5) is 11.6. The zero-order chi connectivity index (χ0) is 17.5. The molecule has 2 atom stereocenters. The van der Waals surface area contributed by atoms with Crippen LogP contribution in [0.3, 0.4) is 0 Å². The van der Waals surface area contributed by atoms with Gasteiger partial charge in [0, 0.05) is 17.5 Å². The van der Waals surface area contributed by atoms with E-state index in [2.05, 4.69) is 15.9 Å². The van der Waals surface area contributed by atoms with Gasteiger partial charge in [0.15, 0.2) is 0 Å². The Bertz CT molecular complexity index is 661. The van der Waals surface area contributed by atoms with Crippen molar-refractivity contribution in [2.24, 2.45) is 0 Å². The minimum atomic E-state index is -0.511. The van der Waals surface area contributed by atoms with Gasteiger partial charge >= 0.3 is 0 Å². The first-order valence-electron chi connectivity index (χ1n) is 7.49. The molecule has 0 aromatic heterocycles. The zero-order valence-corrected chi connectivity index (χ0v) is 14.8. The molecular weight excluding hydrogens is 377 g/mol. The summed E-state index contributed by atoms with van der Waals surface area (Å²) in [6.07, 6.45) is 0.178. The Morgan fingerprint density at radius 2 is 1.83 bits per heavy atom. The highest BCUT2D eigenvalue weighted by molar-refractivity contribution is 9.10. The van der Waals surface area contributed by atoms with E-state index in [1.807, 2.05) is 24.3 Å². The molecule has 0 aliphatic rings. The first kappa shape index (κ1) is 18.6. The maximum absolute atomic E-state index is 13.1. The van der Waals surface area contributed by atoms with Crippen molar-refractivity contribution in [3.8, 4) is 0 Å². The highest BCUT2D eigenvalue weighted by Crippen LogP contribution is 2.29. The lowest BCUT2D eigenvalue weighted by Crippen LogP contribution is -2.31. The third kappa shape index (κ3) is 5.12. The van der Waals surface area contributed by atoms with Crippen molar-refractivity contribution in [3.63, 3.8) is 0 Å². The molecule has 0 radical (unpaired) electrons. The quantitative estimate of drug-likeness (QED) is 0.553. The lowest BCUT2D eigenvalue weighted by Gasteiger charge is -2.26. The summed E-state index contributed by atoms with van der Waals surface area (Å²) in [5.41, 5.74) is 3.58. The molecule has 1 amide bonds. The number of nitrogens with one attached hydrogen (secondary N) is 1. The Morgan fingerprint density at radius 1 is 1.21 bits per heavy atom. The van der Waals surface area contributed by atoms with Crippen molar-refractivity contribution < 1.29 is 19.1 Å². The lowest BCUT2D eigenvalue weighted by molar-refractivity contribution is -0.132. The molecule has 24 heavy (non-hydrogen) atoms. The fourth-order valence-corrected chi connectivity index (χ4v) is 2.93. The summed E-state index contributed by atoms with van der Waals surface area (Å²) in [5.74, 6) is -0.921. The van der Waals surface area contributed by atoms with E-state index < -0.39 is 12.0 Å². The fraction of sp³-hybridized carbons (Fsp3) is 0.278. The van der Waals surface area contributed by atoms with Gasteiger partial charge in [0.25, 0.3) is 0 Å². The number of amides is 1. The van der Waals surface area contributed by atoms with Gasteiger partial charge in [0.05, 0.1) is 12.5 Å². The van der Waals surface area contributed by atoms with Crippen molar-refractivity contribution in [1.29, 1.82) is 0 Å². The number of hydrogen-bond acceptors (Lipinski definition) is 3. The fourth-order valence-electron chi connectivity index (χ4n) is 2.67. The molecule has 0 aliphatic heterocycles. The molecule has 2 N–H and O–H groups in total. The molecule has 0 saturated heterocycles. The second kappa shape index (κ2) is 8.92. The summed E-state index contributed by atoms with van der Waals surface area (Å²) < 4.78 is 19.6. The second-order valence-corrected chi connectivity index (χ2v) is 6.42. The minimum Gasteiger partial charge on any atom is -0.380 e. The number of hydroxylamine groups is 1. The second-order valence-electron chi connectivity index (χ2n) is 5.50. The van der Waals surface area contributed by atoms with E-state index >= 15 is 0 Å². The first-order chi connectivity index (χ1) is 11.5. The largest absolute Gasteiger partial charge is 0.380 e. The number of rotatable bonds is 7. The van der Waals surface area contributed by atoms with Gasteiger partial charge in [-0.1, -0.05) is 40.2 Å². The number of benzene rings is 2. The minimum absolute atomic E-state index is 0.0227. The Kier molecular flexibility index (Phi) is 6.90. The predicted octanol–water partition coefficient (Wildman–Crippen LogP) is 3.83. The van der Waals surface area contributed by atoms with Crippen molar-refractivity contribution in [2.75, 3.05) is 7.11 Å². The highest BCUT2D eigenvalue weighted by atomic mass is 79.9. The van der Waals surface area contributed by atoms with Gasteiger partial charge in [-0.2, -0.15) is 0 Å². The van der Waals surface area contributed by atoms with Crippen LogP contribution < -0.4 is 5.48 Å². The van der Waals surface area contributed by atoms with E-state index in [1.165, 1.54) is 19.2 Å². The Hall–Kier alpha value is -1.76. The number of ether oxygens (including phenoxy) is 1. The molecule has 2 rings (SSSR count). The predicted molar refractivity (Wildman–Crippen MR) is 92.3 cm³/mol. The molecule has 2 aromatic rings. The van der Waals surface area contributed by atoms with Crippen LogP contribution in [0.2, 0.25) is 0 Å². The number of carbonyl (C=O) groups is 1. The van der Waals surface area contributed by atoms with Crippen LogP contribution in [-0.2, 0) is 16.0 Å². The molecule has 128 valence electrons. The van der Waals surface area contributed by atoms with E-state index in [9.17, 15) is 9.18 Å². The molecule has 0 heterocycles. The van der Waals surface area contributed by atoms with Crippen LogP contribution in [0.5, 0.6) is 0 Å². The summed E-state index contributed by atoms with van der Waals surface area (Å²) in [5, 5.41) is 8.79. The van der Waals surface area contributed by atoms with Gasteiger partial charge in [-0.3, -0.25) is 10.0 Å². The number of hydrogen-bond donors (Lipinski definition) is 2. The standard InChI is InChI=1S/C18H19BrFNO3/c1-24-17(11-18(22)21-23)16(13-4-6-14(19)7-5-13)10-12-2-8-15(20)9-3-12/h2-9,16-17,23H,10-11H2,1H3,(H,21,22)/t16-,17-/m1/s1. The first-order valence-corrected chi connectivity index (χ1v) is 8.28. The average molecular weight is 396 g/mol. The third-order valence-corrected chi connectivity index (χ3v) is 4.46. The maximum Gasteiger partial charge on any atom is 0.245 e. The van der Waals surface area contributed by atoms with E-state index in [4.69, 9.17) is 9.94 Å². The van der Waals surface area contributed by atoms with Gasteiger partial charge in [0.2, 0.25) is 5.91 Å². The number of carbonyl (C=O) groups excluding carboxylic acids is 1. The summed E-state index contributed by atoms with van der Waals surface area (Å²) in [6.45, 7) is 0. The van der Waals surface area contributed by atoms with Gasteiger partial charge in [-0.25, -0.2) is 9.87 Å². The van der Waals surface area contributed by atoms with Crippen molar-refractivity contribution in [3.05, 3.63) is 69.9 Å². The topological polar surface area (TPSA) is 58.6 Å². The smallest absolute Gasteiger partial charge is 0.245 e. The average Bonchev–Trinajstić information content (AvgIpc) is 2.60. The Labute approximate surface area is 148 Å². The summed E-state index contributed by atoms with van der Waals surface area (Å²) in [7, 11) is 1.53. The summed E-state index contributed by atoms with van der Waals surface area (Å²) >= 11 is 3.40. The van der Waals surface area contributed by atoms with Crippen LogP contribution >= 0.6 is 15.9 Å². The molecule has 0 aliphatic carbocycles. The molecule has 0 bridgehead atoms. The van der Waals surface area contributed by atoms with Crippen molar-refractivity contribution >= 4 is 21.8 Å². The molecule has 6 heteroatoms. The molecular formula is C18H19BrFNO3. The van der Waals surface area contributed by atoms with Crippen LogP contribution in [0.4, 0.5) is 4.39 Å².